The Bertz CT molecular complexity index is 1050. The molecule has 0 bridgehead atoms. The van der Waals surface area contributed by atoms with Gasteiger partial charge in [0, 0.05) is 10.6 Å². The topological polar surface area (TPSA) is 103 Å². The van der Waals surface area contributed by atoms with Gasteiger partial charge in [0.15, 0.2) is 0 Å². The number of halogens is 1. The van der Waals surface area contributed by atoms with Crippen LogP contribution in [-0.2, 0) is 0 Å². The number of rotatable bonds is 4. The standard InChI is InChI=1S/C16H11ClN8O/c17-12-4-5-15(25-9-18-8-20-25)14(7-12)21-16(26)11-2-1-3-13(6-11)24-10-19-22-23-24/h1-10H,(H,21,26). The summed E-state index contributed by atoms with van der Waals surface area (Å²) in [7, 11) is 0. The van der Waals surface area contributed by atoms with E-state index in [1.165, 1.54) is 23.7 Å². The lowest BCUT2D eigenvalue weighted by Gasteiger charge is -2.12. The quantitative estimate of drug-likeness (QED) is 0.593. The van der Waals surface area contributed by atoms with Crippen molar-refractivity contribution >= 4 is 23.2 Å². The Labute approximate surface area is 152 Å². The van der Waals surface area contributed by atoms with E-state index in [-0.39, 0.29) is 5.91 Å². The highest BCUT2D eigenvalue weighted by Gasteiger charge is 2.13. The number of carbonyl (C=O) groups excluding carboxylic acids is 1. The maximum absolute atomic E-state index is 12.7. The minimum Gasteiger partial charge on any atom is -0.320 e. The van der Waals surface area contributed by atoms with E-state index in [9.17, 15) is 4.79 Å². The molecule has 0 aliphatic rings. The van der Waals surface area contributed by atoms with Crippen molar-refractivity contribution in [1.82, 2.24) is 35.0 Å². The second kappa shape index (κ2) is 6.73. The Morgan fingerprint density at radius 2 is 2.00 bits per heavy atom. The molecule has 10 heteroatoms. The number of tetrazole rings is 1. The van der Waals surface area contributed by atoms with E-state index < -0.39 is 0 Å². The molecular formula is C16H11ClN8O. The average Bonchev–Trinajstić information content (AvgIpc) is 3.36. The number of hydrogen-bond acceptors (Lipinski definition) is 6. The van der Waals surface area contributed by atoms with Gasteiger partial charge in [-0.3, -0.25) is 4.79 Å². The monoisotopic (exact) mass is 366 g/mol. The van der Waals surface area contributed by atoms with Crippen LogP contribution in [-0.4, -0.2) is 40.9 Å². The van der Waals surface area contributed by atoms with Crippen molar-refractivity contribution in [2.45, 2.75) is 0 Å². The molecule has 0 spiro atoms. The molecule has 1 N–H and O–H groups in total. The number of nitrogens with one attached hydrogen (secondary N) is 1. The predicted octanol–water partition coefficient (Wildman–Crippen LogP) is 2.15. The summed E-state index contributed by atoms with van der Waals surface area (Å²) >= 11 is 6.08. The van der Waals surface area contributed by atoms with Crippen LogP contribution in [0.25, 0.3) is 11.4 Å². The Kier molecular flexibility index (Phi) is 4.12. The summed E-state index contributed by atoms with van der Waals surface area (Å²) in [6.45, 7) is 0. The van der Waals surface area contributed by atoms with Crippen molar-refractivity contribution < 1.29 is 4.79 Å². The second-order valence-corrected chi connectivity index (χ2v) is 5.70. The highest BCUT2D eigenvalue weighted by molar-refractivity contribution is 6.31. The lowest BCUT2D eigenvalue weighted by molar-refractivity contribution is 0.102. The molecule has 4 rings (SSSR count). The molecule has 0 saturated heterocycles. The van der Waals surface area contributed by atoms with Crippen LogP contribution in [0.15, 0.2) is 61.4 Å². The van der Waals surface area contributed by atoms with Gasteiger partial charge in [0.05, 0.1) is 17.1 Å². The van der Waals surface area contributed by atoms with Crippen molar-refractivity contribution in [3.63, 3.8) is 0 Å². The molecule has 0 saturated carbocycles. The van der Waals surface area contributed by atoms with E-state index in [1.54, 1.807) is 47.1 Å². The number of amides is 1. The van der Waals surface area contributed by atoms with Gasteiger partial charge in [-0.15, -0.1) is 5.10 Å². The summed E-state index contributed by atoms with van der Waals surface area (Å²) in [6, 6.07) is 12.1. The highest BCUT2D eigenvalue weighted by Crippen LogP contribution is 2.24. The molecule has 0 radical (unpaired) electrons. The van der Waals surface area contributed by atoms with Gasteiger partial charge in [0.2, 0.25) is 0 Å². The van der Waals surface area contributed by atoms with Gasteiger partial charge in [-0.25, -0.2) is 14.3 Å². The molecule has 2 heterocycles. The molecule has 0 aliphatic carbocycles. The van der Waals surface area contributed by atoms with Crippen LogP contribution in [0.5, 0.6) is 0 Å². The van der Waals surface area contributed by atoms with Crippen LogP contribution in [0.2, 0.25) is 5.02 Å². The minimum atomic E-state index is -0.302. The summed E-state index contributed by atoms with van der Waals surface area (Å²) < 4.78 is 3.01. The van der Waals surface area contributed by atoms with E-state index in [0.29, 0.717) is 27.6 Å². The zero-order valence-electron chi connectivity index (χ0n) is 13.2. The SMILES string of the molecule is O=C(Nc1cc(Cl)ccc1-n1cncn1)c1cccc(-n2cnnn2)c1. The van der Waals surface area contributed by atoms with E-state index in [0.717, 1.165) is 0 Å². The molecule has 1 amide bonds. The number of carbonyl (C=O) groups is 1. The van der Waals surface area contributed by atoms with Crippen molar-refractivity contribution in [2.75, 3.05) is 5.32 Å². The number of benzene rings is 2. The van der Waals surface area contributed by atoms with Crippen molar-refractivity contribution in [1.29, 1.82) is 0 Å². The highest BCUT2D eigenvalue weighted by atomic mass is 35.5. The number of anilines is 1. The van der Waals surface area contributed by atoms with Gasteiger partial charge < -0.3 is 5.32 Å². The molecule has 26 heavy (non-hydrogen) atoms. The third kappa shape index (κ3) is 3.15. The summed E-state index contributed by atoms with van der Waals surface area (Å²) in [5, 5.41) is 18.4. The zero-order chi connectivity index (χ0) is 17.9. The third-order valence-corrected chi connectivity index (χ3v) is 3.83. The number of aromatic nitrogens is 7. The van der Waals surface area contributed by atoms with Crippen LogP contribution in [0.1, 0.15) is 10.4 Å². The fourth-order valence-electron chi connectivity index (χ4n) is 2.40. The zero-order valence-corrected chi connectivity index (χ0v) is 13.9. The normalized spacial score (nSPS) is 10.7. The second-order valence-electron chi connectivity index (χ2n) is 5.26. The van der Waals surface area contributed by atoms with Gasteiger partial charge in [-0.1, -0.05) is 17.7 Å². The van der Waals surface area contributed by atoms with Crippen LogP contribution in [0.3, 0.4) is 0 Å². The first-order chi connectivity index (χ1) is 12.7. The maximum atomic E-state index is 12.7. The van der Waals surface area contributed by atoms with Crippen molar-refractivity contribution in [3.8, 4) is 11.4 Å². The fourth-order valence-corrected chi connectivity index (χ4v) is 2.58. The third-order valence-electron chi connectivity index (χ3n) is 3.59. The lowest BCUT2D eigenvalue weighted by atomic mass is 10.1. The minimum absolute atomic E-state index is 0.302. The number of hydrogen-bond donors (Lipinski definition) is 1. The molecule has 2 aromatic carbocycles. The molecule has 0 unspecified atom stereocenters. The Morgan fingerprint density at radius 1 is 1.08 bits per heavy atom. The van der Waals surface area contributed by atoms with Crippen LogP contribution in [0.4, 0.5) is 5.69 Å². The molecule has 4 aromatic rings. The van der Waals surface area contributed by atoms with Gasteiger partial charge in [0.25, 0.3) is 5.91 Å². The van der Waals surface area contributed by atoms with Crippen molar-refractivity contribution in [2.24, 2.45) is 0 Å². The van der Waals surface area contributed by atoms with Crippen molar-refractivity contribution in [3.05, 3.63) is 72.0 Å². The molecule has 128 valence electrons. The molecule has 0 fully saturated rings. The molecule has 2 aromatic heterocycles. The van der Waals surface area contributed by atoms with Gasteiger partial charge in [-0.2, -0.15) is 5.10 Å². The maximum Gasteiger partial charge on any atom is 0.255 e. The van der Waals surface area contributed by atoms with E-state index >= 15 is 0 Å². The Morgan fingerprint density at radius 3 is 2.77 bits per heavy atom. The summed E-state index contributed by atoms with van der Waals surface area (Å²) in [6.07, 6.45) is 4.41. The first kappa shape index (κ1) is 15.9. The van der Waals surface area contributed by atoms with Crippen LogP contribution in [0, 0.1) is 0 Å². The largest absolute Gasteiger partial charge is 0.320 e. The Balaban J connectivity index is 1.65. The number of nitrogens with zero attached hydrogens (tertiary/aromatic N) is 7. The van der Waals surface area contributed by atoms with E-state index in [1.807, 2.05) is 0 Å². The van der Waals surface area contributed by atoms with Crippen LogP contribution < -0.4 is 5.32 Å². The summed E-state index contributed by atoms with van der Waals surface area (Å²) in [5.41, 5.74) is 2.28. The Hall–Kier alpha value is -3.59. The fraction of sp³-hybridized carbons (Fsp3) is 0. The van der Waals surface area contributed by atoms with Gasteiger partial charge in [-0.05, 0) is 46.8 Å². The summed E-state index contributed by atoms with van der Waals surface area (Å²) in [5.74, 6) is -0.302. The lowest BCUT2D eigenvalue weighted by Crippen LogP contribution is -2.14. The van der Waals surface area contributed by atoms with E-state index in [4.69, 9.17) is 11.6 Å². The molecule has 9 nitrogen and oxygen atoms in total. The van der Waals surface area contributed by atoms with Gasteiger partial charge >= 0.3 is 0 Å². The van der Waals surface area contributed by atoms with Crippen LogP contribution >= 0.6 is 11.6 Å². The predicted molar refractivity (Wildman–Crippen MR) is 93.5 cm³/mol. The summed E-state index contributed by atoms with van der Waals surface area (Å²) in [4.78, 5) is 16.6. The smallest absolute Gasteiger partial charge is 0.255 e. The molecule has 0 atom stereocenters. The molecule has 0 aliphatic heterocycles. The molecular weight excluding hydrogens is 356 g/mol. The first-order valence-corrected chi connectivity index (χ1v) is 7.88. The first-order valence-electron chi connectivity index (χ1n) is 7.50. The van der Waals surface area contributed by atoms with Gasteiger partial charge in [0.1, 0.15) is 19.0 Å². The average molecular weight is 367 g/mol. The van der Waals surface area contributed by atoms with E-state index in [2.05, 4.69) is 30.9 Å².